The summed E-state index contributed by atoms with van der Waals surface area (Å²) in [5.74, 6) is 0.229. The number of aliphatic hydroxyl groups excluding tert-OH is 1. The van der Waals surface area contributed by atoms with E-state index in [2.05, 4.69) is 0 Å². The highest BCUT2D eigenvalue weighted by atomic mass is 19.1. The van der Waals surface area contributed by atoms with Gasteiger partial charge < -0.3 is 9.84 Å². The van der Waals surface area contributed by atoms with Crippen molar-refractivity contribution >= 4 is 6.08 Å². The van der Waals surface area contributed by atoms with E-state index in [1.807, 2.05) is 36.4 Å². The van der Waals surface area contributed by atoms with Crippen molar-refractivity contribution in [2.24, 2.45) is 0 Å². The summed E-state index contributed by atoms with van der Waals surface area (Å²) in [5.41, 5.74) is 1.84. The van der Waals surface area contributed by atoms with Gasteiger partial charge in [0.25, 0.3) is 0 Å². The molecule has 0 saturated heterocycles. The van der Waals surface area contributed by atoms with Crippen LogP contribution >= 0.6 is 0 Å². The summed E-state index contributed by atoms with van der Waals surface area (Å²) in [6.07, 6.45) is 2.57. The maximum absolute atomic E-state index is 12.8. The molecule has 0 fully saturated rings. The highest BCUT2D eigenvalue weighted by Gasteiger charge is 2.25. The van der Waals surface area contributed by atoms with Crippen molar-refractivity contribution < 1.29 is 14.2 Å². The molecule has 0 aliphatic heterocycles. The molecule has 0 radical (unpaired) electrons. The molecule has 0 bridgehead atoms. The molecule has 1 aliphatic carbocycles. The molecule has 2 aromatic carbocycles. The van der Waals surface area contributed by atoms with Crippen LogP contribution in [0.2, 0.25) is 0 Å². The predicted octanol–water partition coefficient (Wildman–Crippen LogP) is 3.33. The molecule has 1 N–H and O–H groups in total. The summed E-state index contributed by atoms with van der Waals surface area (Å²) in [4.78, 5) is 0. The highest BCUT2D eigenvalue weighted by Crippen LogP contribution is 2.30. The molecule has 2 aromatic rings. The summed E-state index contributed by atoms with van der Waals surface area (Å²) >= 11 is 0. The Morgan fingerprint density at radius 2 is 1.74 bits per heavy atom. The van der Waals surface area contributed by atoms with E-state index in [1.54, 1.807) is 12.1 Å². The van der Waals surface area contributed by atoms with Gasteiger partial charge in [0, 0.05) is 0 Å². The number of aliphatic hydroxyl groups is 1. The normalized spacial score (nSPS) is 20.9. The number of fused-ring (bicyclic) bond motifs is 1. The summed E-state index contributed by atoms with van der Waals surface area (Å²) in [6, 6.07) is 13.4. The number of hydrogen-bond acceptors (Lipinski definition) is 2. The number of halogens is 1. The Morgan fingerprint density at radius 1 is 1.00 bits per heavy atom. The Kier molecular flexibility index (Phi) is 3.05. The van der Waals surface area contributed by atoms with E-state index in [1.165, 1.54) is 12.1 Å². The van der Waals surface area contributed by atoms with Crippen LogP contribution in [0.1, 0.15) is 17.2 Å². The molecule has 1 aliphatic rings. The Balaban J connectivity index is 1.83. The molecule has 2 atom stereocenters. The molecule has 0 unspecified atom stereocenters. The lowest BCUT2D eigenvalue weighted by Crippen LogP contribution is -2.25. The van der Waals surface area contributed by atoms with Gasteiger partial charge in [-0.25, -0.2) is 4.39 Å². The fraction of sp³-hybridized carbons (Fsp3) is 0.125. The lowest BCUT2D eigenvalue weighted by Gasteiger charge is -2.26. The molecule has 0 heterocycles. The quantitative estimate of drug-likeness (QED) is 0.893. The van der Waals surface area contributed by atoms with Crippen molar-refractivity contribution in [1.82, 2.24) is 0 Å². The van der Waals surface area contributed by atoms with E-state index in [0.29, 0.717) is 5.75 Å². The number of ether oxygens (including phenoxy) is 1. The van der Waals surface area contributed by atoms with Gasteiger partial charge in [-0.15, -0.1) is 0 Å². The van der Waals surface area contributed by atoms with Crippen LogP contribution in [-0.2, 0) is 0 Å². The number of rotatable bonds is 2. The van der Waals surface area contributed by atoms with Crippen molar-refractivity contribution in [3.05, 3.63) is 71.6 Å². The Morgan fingerprint density at radius 3 is 2.53 bits per heavy atom. The monoisotopic (exact) mass is 256 g/mol. The first kappa shape index (κ1) is 11.9. The summed E-state index contributed by atoms with van der Waals surface area (Å²) < 4.78 is 18.5. The second kappa shape index (κ2) is 4.86. The fourth-order valence-electron chi connectivity index (χ4n) is 2.19. The molecule has 0 aromatic heterocycles. The Hall–Kier alpha value is -2.13. The maximum atomic E-state index is 12.8. The van der Waals surface area contributed by atoms with Crippen LogP contribution in [0.15, 0.2) is 54.6 Å². The van der Waals surface area contributed by atoms with E-state index in [9.17, 15) is 9.50 Å². The van der Waals surface area contributed by atoms with Gasteiger partial charge >= 0.3 is 0 Å². The predicted molar refractivity (Wildman–Crippen MR) is 71.3 cm³/mol. The fourth-order valence-corrected chi connectivity index (χ4v) is 2.19. The zero-order valence-electron chi connectivity index (χ0n) is 10.2. The number of hydrogen-bond donors (Lipinski definition) is 1. The molecule has 19 heavy (non-hydrogen) atoms. The van der Waals surface area contributed by atoms with Crippen molar-refractivity contribution in [1.29, 1.82) is 0 Å². The topological polar surface area (TPSA) is 29.5 Å². The zero-order valence-corrected chi connectivity index (χ0v) is 10.2. The summed E-state index contributed by atoms with van der Waals surface area (Å²) in [5, 5.41) is 10.3. The second-order valence-corrected chi connectivity index (χ2v) is 4.47. The van der Waals surface area contributed by atoms with Crippen LogP contribution in [-0.4, -0.2) is 11.2 Å². The van der Waals surface area contributed by atoms with Gasteiger partial charge in [0.05, 0.1) is 0 Å². The lowest BCUT2D eigenvalue weighted by atomic mass is 9.93. The largest absolute Gasteiger partial charge is 0.483 e. The van der Waals surface area contributed by atoms with Crippen molar-refractivity contribution in [3.63, 3.8) is 0 Å². The van der Waals surface area contributed by atoms with Crippen molar-refractivity contribution in [2.75, 3.05) is 0 Å². The minimum atomic E-state index is -0.716. The molecule has 0 amide bonds. The summed E-state index contributed by atoms with van der Waals surface area (Å²) in [7, 11) is 0. The summed E-state index contributed by atoms with van der Waals surface area (Å²) in [6.45, 7) is 0. The molecule has 0 spiro atoms. The first-order valence-corrected chi connectivity index (χ1v) is 6.11. The lowest BCUT2D eigenvalue weighted by molar-refractivity contribution is 0.0623. The highest BCUT2D eigenvalue weighted by molar-refractivity contribution is 5.58. The maximum Gasteiger partial charge on any atom is 0.147 e. The Bertz CT molecular complexity index is 604. The molecule has 3 heteroatoms. The van der Waals surface area contributed by atoms with Gasteiger partial charge in [0.1, 0.15) is 23.8 Å². The van der Waals surface area contributed by atoms with E-state index < -0.39 is 12.2 Å². The van der Waals surface area contributed by atoms with Crippen LogP contribution in [0.4, 0.5) is 4.39 Å². The first-order valence-electron chi connectivity index (χ1n) is 6.11. The van der Waals surface area contributed by atoms with Crippen molar-refractivity contribution in [2.45, 2.75) is 12.2 Å². The average molecular weight is 256 g/mol. The van der Waals surface area contributed by atoms with Crippen LogP contribution in [0.25, 0.3) is 6.08 Å². The van der Waals surface area contributed by atoms with Gasteiger partial charge in [-0.2, -0.15) is 0 Å². The molecule has 2 nitrogen and oxygen atoms in total. The van der Waals surface area contributed by atoms with Gasteiger partial charge in [-0.3, -0.25) is 0 Å². The van der Waals surface area contributed by atoms with Crippen LogP contribution in [0.5, 0.6) is 5.75 Å². The Labute approximate surface area is 110 Å². The van der Waals surface area contributed by atoms with Gasteiger partial charge in [-0.1, -0.05) is 30.3 Å². The molecule has 3 rings (SSSR count). The average Bonchev–Trinajstić information content (AvgIpc) is 2.45. The van der Waals surface area contributed by atoms with Crippen molar-refractivity contribution in [3.8, 4) is 5.75 Å². The standard InChI is InChI=1S/C16H13FO2/c17-12-6-8-13(9-7-12)19-15-10-5-11-3-1-2-4-14(11)16(15)18/h1-10,15-16,18H/t15-,16-/m0/s1. The van der Waals surface area contributed by atoms with Gasteiger partial charge in [0.15, 0.2) is 0 Å². The second-order valence-electron chi connectivity index (χ2n) is 4.47. The number of benzene rings is 2. The first-order chi connectivity index (χ1) is 9.24. The zero-order chi connectivity index (χ0) is 13.2. The third-order valence-electron chi connectivity index (χ3n) is 3.18. The van der Waals surface area contributed by atoms with Gasteiger partial charge in [-0.05, 0) is 41.5 Å². The molecule has 96 valence electrons. The smallest absolute Gasteiger partial charge is 0.147 e. The van der Waals surface area contributed by atoms with E-state index >= 15 is 0 Å². The molecule has 0 saturated carbocycles. The van der Waals surface area contributed by atoms with E-state index in [-0.39, 0.29) is 5.82 Å². The minimum Gasteiger partial charge on any atom is -0.483 e. The van der Waals surface area contributed by atoms with Gasteiger partial charge in [0.2, 0.25) is 0 Å². The van der Waals surface area contributed by atoms with E-state index in [0.717, 1.165) is 11.1 Å². The third kappa shape index (κ3) is 2.37. The van der Waals surface area contributed by atoms with Crippen LogP contribution < -0.4 is 4.74 Å². The third-order valence-corrected chi connectivity index (χ3v) is 3.18. The SMILES string of the molecule is O[C@H]1c2ccccc2C=C[C@@H]1Oc1ccc(F)cc1. The molecular formula is C16H13FO2. The minimum absolute atomic E-state index is 0.308. The van der Waals surface area contributed by atoms with Crippen LogP contribution in [0.3, 0.4) is 0 Å². The van der Waals surface area contributed by atoms with Crippen LogP contribution in [0, 0.1) is 5.82 Å². The van der Waals surface area contributed by atoms with E-state index in [4.69, 9.17) is 4.74 Å². The molecular weight excluding hydrogens is 243 g/mol.